The van der Waals surface area contributed by atoms with Crippen molar-refractivity contribution < 1.29 is 14.1 Å². The molecule has 0 fully saturated rings. The number of nitrogens with one attached hydrogen (secondary N) is 1. The van der Waals surface area contributed by atoms with Crippen LogP contribution in [-0.2, 0) is 6.61 Å². The molecule has 0 spiro atoms. The Morgan fingerprint density at radius 3 is 2.76 bits per heavy atom. The lowest BCUT2D eigenvalue weighted by Gasteiger charge is -2.11. The summed E-state index contributed by atoms with van der Waals surface area (Å²) in [4.78, 5) is 16.7. The van der Waals surface area contributed by atoms with Gasteiger partial charge in [0.05, 0.1) is 16.3 Å². The topological polar surface area (TPSA) is 77.2 Å². The molecule has 0 aliphatic rings. The number of aromatic nitrogens is 2. The van der Waals surface area contributed by atoms with E-state index in [1.54, 1.807) is 43.3 Å². The van der Waals surface area contributed by atoms with Gasteiger partial charge < -0.3 is 14.6 Å². The second-order valence-electron chi connectivity index (χ2n) is 5.45. The Kier molecular flexibility index (Phi) is 5.00. The molecule has 0 radical (unpaired) electrons. The Morgan fingerprint density at radius 2 is 2.04 bits per heavy atom. The fourth-order valence-corrected chi connectivity index (χ4v) is 2.52. The molecule has 0 bridgehead atoms. The van der Waals surface area contributed by atoms with Gasteiger partial charge in [0, 0.05) is 6.92 Å². The average molecular weight is 358 g/mol. The first-order chi connectivity index (χ1) is 12.0. The number of halogens is 1. The van der Waals surface area contributed by atoms with Gasteiger partial charge in [-0.05, 0) is 36.8 Å². The van der Waals surface area contributed by atoms with Crippen molar-refractivity contribution in [1.29, 1.82) is 0 Å². The van der Waals surface area contributed by atoms with Gasteiger partial charge in [-0.3, -0.25) is 4.79 Å². The first-order valence-corrected chi connectivity index (χ1v) is 7.99. The summed E-state index contributed by atoms with van der Waals surface area (Å²) >= 11 is 6.17. The van der Waals surface area contributed by atoms with Crippen LogP contribution in [0, 0.1) is 13.8 Å². The van der Waals surface area contributed by atoms with Gasteiger partial charge in [0.15, 0.2) is 6.61 Å². The number of ether oxygens (including phenoxy) is 1. The molecule has 0 atom stereocenters. The van der Waals surface area contributed by atoms with Crippen molar-refractivity contribution in [1.82, 2.24) is 10.1 Å². The van der Waals surface area contributed by atoms with E-state index in [0.717, 1.165) is 5.56 Å². The third-order valence-electron chi connectivity index (χ3n) is 3.43. The monoisotopic (exact) mass is 357 g/mol. The number of carbonyl (C=O) groups excluding carboxylic acids is 1. The molecule has 1 amide bonds. The lowest BCUT2D eigenvalue weighted by molar-refractivity contribution is 0.102. The number of rotatable bonds is 5. The Balaban J connectivity index is 1.76. The van der Waals surface area contributed by atoms with Crippen LogP contribution in [0.25, 0.3) is 0 Å². The zero-order chi connectivity index (χ0) is 17.8. The molecular weight excluding hydrogens is 342 g/mol. The third-order valence-corrected chi connectivity index (χ3v) is 3.74. The van der Waals surface area contributed by atoms with E-state index >= 15 is 0 Å². The van der Waals surface area contributed by atoms with E-state index in [0.29, 0.717) is 33.7 Å². The lowest BCUT2D eigenvalue weighted by Crippen LogP contribution is -2.14. The summed E-state index contributed by atoms with van der Waals surface area (Å²) in [6, 6.07) is 12.4. The molecule has 7 heteroatoms. The summed E-state index contributed by atoms with van der Waals surface area (Å²) in [6.45, 7) is 3.73. The molecule has 0 saturated carbocycles. The fourth-order valence-electron chi connectivity index (χ4n) is 2.23. The molecule has 0 unspecified atom stereocenters. The van der Waals surface area contributed by atoms with E-state index in [9.17, 15) is 4.79 Å². The molecule has 6 nitrogen and oxygen atoms in total. The van der Waals surface area contributed by atoms with Crippen LogP contribution in [0.5, 0.6) is 5.75 Å². The maximum atomic E-state index is 12.6. The van der Waals surface area contributed by atoms with Crippen LogP contribution < -0.4 is 10.1 Å². The smallest absolute Gasteiger partial charge is 0.259 e. The van der Waals surface area contributed by atoms with E-state index in [2.05, 4.69) is 15.5 Å². The first kappa shape index (κ1) is 17.0. The number of benzene rings is 2. The third kappa shape index (κ3) is 4.16. The van der Waals surface area contributed by atoms with Crippen LogP contribution >= 0.6 is 11.6 Å². The molecule has 1 N–H and O–H groups in total. The molecule has 0 aliphatic heterocycles. The zero-order valence-electron chi connectivity index (χ0n) is 13.7. The van der Waals surface area contributed by atoms with Crippen LogP contribution in [0.3, 0.4) is 0 Å². The largest absolute Gasteiger partial charge is 0.485 e. The normalized spacial score (nSPS) is 10.5. The number of anilines is 1. The fraction of sp³-hybridized carbons (Fsp3) is 0.167. The average Bonchev–Trinajstić information content (AvgIpc) is 3.01. The van der Waals surface area contributed by atoms with E-state index in [-0.39, 0.29) is 12.5 Å². The molecule has 0 saturated heterocycles. The Labute approximate surface area is 149 Å². The minimum Gasteiger partial charge on any atom is -0.485 e. The second kappa shape index (κ2) is 7.36. The zero-order valence-corrected chi connectivity index (χ0v) is 14.5. The van der Waals surface area contributed by atoms with Gasteiger partial charge in [-0.25, -0.2) is 0 Å². The van der Waals surface area contributed by atoms with E-state index < -0.39 is 0 Å². The van der Waals surface area contributed by atoms with E-state index in [1.165, 1.54) is 0 Å². The van der Waals surface area contributed by atoms with Gasteiger partial charge in [0.2, 0.25) is 11.7 Å². The quantitative estimate of drug-likeness (QED) is 0.741. The summed E-state index contributed by atoms with van der Waals surface area (Å²) in [5.41, 5.74) is 1.95. The van der Waals surface area contributed by atoms with Gasteiger partial charge in [0.25, 0.3) is 5.91 Å². The van der Waals surface area contributed by atoms with Gasteiger partial charge in [-0.1, -0.05) is 35.0 Å². The Morgan fingerprint density at radius 1 is 1.24 bits per heavy atom. The number of hydrogen-bond donors (Lipinski definition) is 1. The highest BCUT2D eigenvalue weighted by Gasteiger charge is 2.14. The first-order valence-electron chi connectivity index (χ1n) is 7.61. The lowest BCUT2D eigenvalue weighted by atomic mass is 10.1. The van der Waals surface area contributed by atoms with Gasteiger partial charge >= 0.3 is 0 Å². The van der Waals surface area contributed by atoms with E-state index in [4.69, 9.17) is 20.9 Å². The van der Waals surface area contributed by atoms with Crippen LogP contribution in [0.4, 0.5) is 5.69 Å². The van der Waals surface area contributed by atoms with Crippen molar-refractivity contribution in [3.63, 3.8) is 0 Å². The molecule has 2 aromatic carbocycles. The minimum absolute atomic E-state index is 0.104. The number of carbonyl (C=O) groups is 1. The number of para-hydroxylation sites is 1. The second-order valence-corrected chi connectivity index (χ2v) is 5.86. The molecule has 0 aliphatic carbocycles. The van der Waals surface area contributed by atoms with Crippen molar-refractivity contribution in [2.45, 2.75) is 20.5 Å². The summed E-state index contributed by atoms with van der Waals surface area (Å²) < 4.78 is 10.6. The van der Waals surface area contributed by atoms with Crippen molar-refractivity contribution in [2.24, 2.45) is 0 Å². The van der Waals surface area contributed by atoms with Gasteiger partial charge in [0.1, 0.15) is 5.75 Å². The highest BCUT2D eigenvalue weighted by molar-refractivity contribution is 6.34. The van der Waals surface area contributed by atoms with E-state index in [1.807, 2.05) is 13.0 Å². The summed E-state index contributed by atoms with van der Waals surface area (Å²) in [5.74, 6) is 0.976. The summed E-state index contributed by atoms with van der Waals surface area (Å²) in [7, 11) is 0. The molecule has 1 heterocycles. The molecule has 128 valence electrons. The van der Waals surface area contributed by atoms with Crippen LogP contribution in [0.2, 0.25) is 5.02 Å². The van der Waals surface area contributed by atoms with Crippen LogP contribution in [0.15, 0.2) is 47.0 Å². The number of amides is 1. The highest BCUT2D eigenvalue weighted by Crippen LogP contribution is 2.25. The van der Waals surface area contributed by atoms with Crippen LogP contribution in [0.1, 0.15) is 27.6 Å². The highest BCUT2D eigenvalue weighted by atomic mass is 35.5. The standard InChI is InChI=1S/C18H16ClN3O3/c1-11-7-8-15(14(19)9-11)21-18(23)13-5-3-4-6-16(13)24-10-17-20-12(2)25-22-17/h3-9H,10H2,1-2H3,(H,21,23). The summed E-state index contributed by atoms with van der Waals surface area (Å²) in [6.07, 6.45) is 0. The predicted octanol–water partition coefficient (Wildman–Crippen LogP) is 4.17. The SMILES string of the molecule is Cc1ccc(NC(=O)c2ccccc2OCc2noc(C)n2)c(Cl)c1. The molecule has 25 heavy (non-hydrogen) atoms. The summed E-state index contributed by atoms with van der Waals surface area (Å²) in [5, 5.41) is 7.04. The maximum Gasteiger partial charge on any atom is 0.259 e. The number of nitrogens with zero attached hydrogens (tertiary/aromatic N) is 2. The van der Waals surface area contributed by atoms with Crippen molar-refractivity contribution in [2.75, 3.05) is 5.32 Å². The minimum atomic E-state index is -0.314. The molecule has 1 aromatic heterocycles. The van der Waals surface area contributed by atoms with Crippen molar-refractivity contribution in [3.8, 4) is 5.75 Å². The number of hydrogen-bond acceptors (Lipinski definition) is 5. The molecule has 3 rings (SSSR count). The van der Waals surface area contributed by atoms with Crippen LogP contribution in [-0.4, -0.2) is 16.0 Å². The molecule has 3 aromatic rings. The Bertz CT molecular complexity index is 908. The maximum absolute atomic E-state index is 12.6. The van der Waals surface area contributed by atoms with Gasteiger partial charge in [-0.15, -0.1) is 0 Å². The predicted molar refractivity (Wildman–Crippen MR) is 94.0 cm³/mol. The molecular formula is C18H16ClN3O3. The number of aryl methyl sites for hydroxylation is 2. The van der Waals surface area contributed by atoms with Crippen molar-refractivity contribution in [3.05, 3.63) is 70.3 Å². The van der Waals surface area contributed by atoms with Crippen molar-refractivity contribution >= 4 is 23.2 Å². The van der Waals surface area contributed by atoms with Gasteiger partial charge in [-0.2, -0.15) is 4.98 Å². The Hall–Kier alpha value is -2.86.